The summed E-state index contributed by atoms with van der Waals surface area (Å²) in [6.45, 7) is 1.50. The Morgan fingerprint density at radius 2 is 1.93 bits per heavy atom. The van der Waals surface area contributed by atoms with Crippen LogP contribution in [0.25, 0.3) is 5.69 Å². The van der Waals surface area contributed by atoms with Crippen molar-refractivity contribution in [3.63, 3.8) is 0 Å². The van der Waals surface area contributed by atoms with Crippen molar-refractivity contribution in [1.29, 1.82) is 5.26 Å². The summed E-state index contributed by atoms with van der Waals surface area (Å²) in [6, 6.07) is 12.6. The number of carbonyl (C=O) groups is 1. The molecular weight excluding hydrogens is 393 g/mol. The first kappa shape index (κ1) is 20.3. The van der Waals surface area contributed by atoms with E-state index in [-0.39, 0.29) is 22.6 Å². The molecule has 0 saturated heterocycles. The second-order valence-electron chi connectivity index (χ2n) is 6.21. The highest BCUT2D eigenvalue weighted by molar-refractivity contribution is 5.92. The summed E-state index contributed by atoms with van der Waals surface area (Å²) in [5, 5.41) is 26.9. The number of hydrogen-bond acceptors (Lipinski definition) is 6. The number of hydrogen-bond donors (Lipinski definition) is 1. The monoisotopic (exact) mass is 407 g/mol. The predicted octanol–water partition coefficient (Wildman–Crippen LogP) is 2.58. The van der Waals surface area contributed by atoms with Gasteiger partial charge < -0.3 is 5.32 Å². The quantitative estimate of drug-likeness (QED) is 0.511. The van der Waals surface area contributed by atoms with Crippen molar-refractivity contribution in [3.8, 4) is 11.8 Å². The minimum Gasteiger partial charge on any atom is -0.331 e. The van der Waals surface area contributed by atoms with E-state index >= 15 is 0 Å². The van der Waals surface area contributed by atoms with Crippen molar-refractivity contribution < 1.29 is 14.1 Å². The number of rotatable bonds is 5. The molecule has 1 amide bonds. The van der Waals surface area contributed by atoms with Crippen molar-refractivity contribution in [2.45, 2.75) is 13.0 Å². The first-order chi connectivity index (χ1) is 14.3. The molecule has 3 rings (SSSR count). The highest BCUT2D eigenvalue weighted by atomic mass is 19.1. The molecule has 9 nitrogen and oxygen atoms in total. The molecule has 2 aromatic carbocycles. The fourth-order valence-electron chi connectivity index (χ4n) is 2.83. The average Bonchev–Trinajstić information content (AvgIpc) is 2.72. The maximum Gasteiger partial charge on any atom is 0.294 e. The van der Waals surface area contributed by atoms with Crippen LogP contribution < -0.4 is 10.7 Å². The van der Waals surface area contributed by atoms with E-state index in [1.807, 2.05) is 0 Å². The fourth-order valence-corrected chi connectivity index (χ4v) is 2.83. The van der Waals surface area contributed by atoms with Crippen molar-refractivity contribution >= 4 is 11.6 Å². The van der Waals surface area contributed by atoms with E-state index in [1.54, 1.807) is 12.1 Å². The summed E-state index contributed by atoms with van der Waals surface area (Å²) < 4.78 is 15.1. The van der Waals surface area contributed by atoms with Crippen molar-refractivity contribution in [3.05, 3.63) is 97.7 Å². The number of nitro benzene ring substituents is 1. The topological polar surface area (TPSA) is 131 Å². The molecular formula is C20H14FN5O4. The lowest BCUT2D eigenvalue weighted by molar-refractivity contribution is -0.384. The normalized spacial score (nSPS) is 11.4. The Morgan fingerprint density at radius 3 is 2.60 bits per heavy atom. The zero-order chi connectivity index (χ0) is 21.8. The largest absolute Gasteiger partial charge is 0.331 e. The van der Waals surface area contributed by atoms with E-state index in [4.69, 9.17) is 0 Å². The third kappa shape index (κ3) is 3.90. The van der Waals surface area contributed by atoms with Gasteiger partial charge in [0.2, 0.25) is 5.43 Å². The van der Waals surface area contributed by atoms with Gasteiger partial charge in [0.15, 0.2) is 5.69 Å². The summed E-state index contributed by atoms with van der Waals surface area (Å²) in [7, 11) is 0. The Kier molecular flexibility index (Phi) is 5.64. The Balaban J connectivity index is 2.03. The van der Waals surface area contributed by atoms with Crippen LogP contribution in [-0.4, -0.2) is 20.6 Å². The highest BCUT2D eigenvalue weighted by Crippen LogP contribution is 2.22. The second kappa shape index (κ2) is 8.32. The highest BCUT2D eigenvalue weighted by Gasteiger charge is 2.23. The molecule has 0 radical (unpaired) electrons. The minimum atomic E-state index is -1.36. The van der Waals surface area contributed by atoms with Crippen LogP contribution in [0.4, 0.5) is 10.1 Å². The maximum absolute atomic E-state index is 14.0. The molecule has 0 saturated carbocycles. The zero-order valence-electron chi connectivity index (χ0n) is 15.6. The Labute approximate surface area is 169 Å². The number of benzene rings is 2. The third-order valence-electron chi connectivity index (χ3n) is 4.25. The van der Waals surface area contributed by atoms with Crippen molar-refractivity contribution in [2.75, 3.05) is 0 Å². The van der Waals surface area contributed by atoms with E-state index in [9.17, 15) is 29.4 Å². The van der Waals surface area contributed by atoms with Gasteiger partial charge in [0.1, 0.15) is 17.5 Å². The summed E-state index contributed by atoms with van der Waals surface area (Å²) in [6.07, 6.45) is 0. The van der Waals surface area contributed by atoms with Gasteiger partial charge >= 0.3 is 0 Å². The smallest absolute Gasteiger partial charge is 0.294 e. The molecule has 0 aliphatic rings. The lowest BCUT2D eigenvalue weighted by atomic mass is 10.1. The number of carbonyl (C=O) groups excluding carboxylic acids is 1. The molecule has 1 atom stereocenters. The molecule has 10 heteroatoms. The molecule has 0 spiro atoms. The summed E-state index contributed by atoms with van der Waals surface area (Å²) in [5.41, 5.74) is -1.36. The second-order valence-corrected chi connectivity index (χ2v) is 6.21. The number of amides is 1. The minimum absolute atomic E-state index is 0.0555. The van der Waals surface area contributed by atoms with Crippen LogP contribution in [0.2, 0.25) is 0 Å². The molecule has 0 fully saturated rings. The van der Waals surface area contributed by atoms with Crippen molar-refractivity contribution in [2.24, 2.45) is 0 Å². The molecule has 30 heavy (non-hydrogen) atoms. The third-order valence-corrected chi connectivity index (χ3v) is 4.25. The molecule has 1 N–H and O–H groups in total. The van der Waals surface area contributed by atoms with Crippen molar-refractivity contribution in [1.82, 2.24) is 15.1 Å². The van der Waals surface area contributed by atoms with Gasteiger partial charge in [0.05, 0.1) is 11.0 Å². The van der Waals surface area contributed by atoms with Crippen LogP contribution in [0.15, 0.2) is 59.4 Å². The van der Waals surface area contributed by atoms with Gasteiger partial charge in [-0.05, 0) is 19.1 Å². The predicted molar refractivity (Wildman–Crippen MR) is 103 cm³/mol. The number of aryl methyl sites for hydroxylation is 1. The van der Waals surface area contributed by atoms with Crippen LogP contribution in [0.1, 0.15) is 27.8 Å². The molecule has 3 aromatic rings. The Bertz CT molecular complexity index is 1250. The van der Waals surface area contributed by atoms with Gasteiger partial charge in [-0.1, -0.05) is 30.3 Å². The van der Waals surface area contributed by atoms with E-state index < -0.39 is 33.8 Å². The van der Waals surface area contributed by atoms with Gasteiger partial charge in [-0.2, -0.15) is 10.4 Å². The van der Waals surface area contributed by atoms with E-state index in [1.165, 1.54) is 43.3 Å². The molecule has 150 valence electrons. The average molecular weight is 407 g/mol. The van der Waals surface area contributed by atoms with Crippen LogP contribution >= 0.6 is 0 Å². The van der Waals surface area contributed by atoms with Crippen LogP contribution in [-0.2, 0) is 0 Å². The molecule has 0 aliphatic carbocycles. The first-order valence-electron chi connectivity index (χ1n) is 8.63. The number of nitriles is 1. The molecule has 1 unspecified atom stereocenters. The van der Waals surface area contributed by atoms with E-state index in [2.05, 4.69) is 10.4 Å². The van der Waals surface area contributed by atoms with Gasteiger partial charge in [0.25, 0.3) is 11.6 Å². The standard InChI is InChI=1S/C20H14FN5O4/c1-12-10-18(27)19(24-25(12)16-8-4-5-9-17(16)26(29)30)20(28)23-15(11-22)13-6-2-3-7-14(13)21/h2-10,15H,1H3,(H,23,28). The zero-order valence-corrected chi connectivity index (χ0v) is 15.6. The summed E-state index contributed by atoms with van der Waals surface area (Å²) in [5.74, 6) is -1.71. The Hall–Kier alpha value is -4.39. The lowest BCUT2D eigenvalue weighted by Gasteiger charge is -2.14. The van der Waals surface area contributed by atoms with Crippen LogP contribution in [0, 0.1) is 34.2 Å². The number of para-hydroxylation sites is 2. The number of halogens is 1. The number of aromatic nitrogens is 2. The van der Waals surface area contributed by atoms with Crippen LogP contribution in [0.5, 0.6) is 0 Å². The maximum atomic E-state index is 14.0. The molecule has 0 aliphatic heterocycles. The van der Waals surface area contributed by atoms with E-state index in [0.29, 0.717) is 0 Å². The Morgan fingerprint density at radius 1 is 1.27 bits per heavy atom. The fraction of sp³-hybridized carbons (Fsp3) is 0.100. The molecule has 1 aromatic heterocycles. The number of nitrogens with zero attached hydrogens (tertiary/aromatic N) is 4. The van der Waals surface area contributed by atoms with Gasteiger partial charge in [-0.3, -0.25) is 19.7 Å². The van der Waals surface area contributed by atoms with Gasteiger partial charge in [-0.15, -0.1) is 0 Å². The molecule has 0 bridgehead atoms. The van der Waals surface area contributed by atoms with Gasteiger partial charge in [-0.25, -0.2) is 9.07 Å². The van der Waals surface area contributed by atoms with Crippen LogP contribution in [0.3, 0.4) is 0 Å². The summed E-state index contributed by atoms with van der Waals surface area (Å²) >= 11 is 0. The van der Waals surface area contributed by atoms with E-state index in [0.717, 1.165) is 16.8 Å². The van der Waals surface area contributed by atoms with Gasteiger partial charge in [0, 0.05) is 23.4 Å². The number of nitro groups is 1. The number of nitrogens with one attached hydrogen (secondary N) is 1. The lowest BCUT2D eigenvalue weighted by Crippen LogP contribution is -2.34. The SMILES string of the molecule is Cc1cc(=O)c(C(=O)NC(C#N)c2ccccc2F)nn1-c1ccccc1[N+](=O)[O-]. The first-order valence-corrected chi connectivity index (χ1v) is 8.63. The summed E-state index contributed by atoms with van der Waals surface area (Å²) in [4.78, 5) is 35.7. The molecule has 1 heterocycles.